The zero-order valence-electron chi connectivity index (χ0n) is 13.0. The number of hydrogen-bond acceptors (Lipinski definition) is 6. The van der Waals surface area contributed by atoms with E-state index in [0.717, 1.165) is 12.3 Å². The molecule has 0 aliphatic carbocycles. The number of thioether (sulfide) groups is 1. The molecule has 6 nitrogen and oxygen atoms in total. The van der Waals surface area contributed by atoms with E-state index in [9.17, 15) is 4.79 Å². The third-order valence-corrected chi connectivity index (χ3v) is 5.62. The highest BCUT2D eigenvalue weighted by molar-refractivity contribution is 8.00. The van der Waals surface area contributed by atoms with Crippen molar-refractivity contribution in [3.05, 3.63) is 34.1 Å². The fraction of sp³-hybridized carbons (Fsp3) is 0.400. The Morgan fingerprint density at radius 1 is 1.58 bits per heavy atom. The van der Waals surface area contributed by atoms with Crippen molar-refractivity contribution in [3.63, 3.8) is 0 Å². The summed E-state index contributed by atoms with van der Waals surface area (Å²) in [5, 5.41) is 4.86. The van der Waals surface area contributed by atoms with Crippen molar-refractivity contribution >= 4 is 41.6 Å². The molecule has 1 aromatic carbocycles. The number of methoxy groups -OCH3 is 1. The van der Waals surface area contributed by atoms with Crippen molar-refractivity contribution in [1.29, 1.82) is 0 Å². The quantitative estimate of drug-likeness (QED) is 0.637. The van der Waals surface area contributed by atoms with Gasteiger partial charge in [-0.3, -0.25) is 4.79 Å². The Balaban J connectivity index is 1.75. The Labute approximate surface area is 153 Å². The van der Waals surface area contributed by atoms with E-state index >= 15 is 0 Å². The normalized spacial score (nSPS) is 20.8. The largest absolute Gasteiger partial charge is 0.468 e. The van der Waals surface area contributed by atoms with E-state index in [4.69, 9.17) is 33.0 Å². The number of rotatable bonds is 4. The molecule has 0 spiro atoms. The predicted molar refractivity (Wildman–Crippen MR) is 94.7 cm³/mol. The maximum Gasteiger partial charge on any atom is 0.324 e. The number of halogens is 1. The molecule has 0 bridgehead atoms. The van der Waals surface area contributed by atoms with Crippen LogP contribution in [0.5, 0.6) is 0 Å². The average molecular weight is 387 g/mol. The minimum Gasteiger partial charge on any atom is -0.468 e. The van der Waals surface area contributed by atoms with Gasteiger partial charge in [-0.15, -0.1) is 16.9 Å². The molecule has 24 heavy (non-hydrogen) atoms. The molecule has 3 rings (SSSR count). The lowest BCUT2D eigenvalue weighted by Crippen LogP contribution is -3.14. The second-order valence-corrected chi connectivity index (χ2v) is 7.46. The summed E-state index contributed by atoms with van der Waals surface area (Å²) in [7, 11) is 1.42. The molecule has 0 amide bonds. The third kappa shape index (κ3) is 3.83. The summed E-state index contributed by atoms with van der Waals surface area (Å²) >= 11 is 13.1. The number of benzene rings is 1. The van der Waals surface area contributed by atoms with Crippen LogP contribution in [0.2, 0.25) is 5.02 Å². The maximum atomic E-state index is 11.7. The summed E-state index contributed by atoms with van der Waals surface area (Å²) in [5.74, 6) is 1.11. The van der Waals surface area contributed by atoms with Gasteiger partial charge in [-0.25, -0.2) is 0 Å². The highest BCUT2D eigenvalue weighted by Gasteiger charge is 2.30. The number of nitrogens with one attached hydrogen (secondary N) is 1. The molecule has 9 heteroatoms. The van der Waals surface area contributed by atoms with Gasteiger partial charge in [-0.1, -0.05) is 23.7 Å². The van der Waals surface area contributed by atoms with Crippen molar-refractivity contribution in [2.24, 2.45) is 0 Å². The number of nitrogens with zero attached hydrogens (tertiary/aromatic N) is 2. The molecule has 1 N–H and O–H groups in total. The maximum absolute atomic E-state index is 11.7. The molecular weight excluding hydrogens is 370 g/mol. The van der Waals surface area contributed by atoms with Gasteiger partial charge >= 0.3 is 5.97 Å². The van der Waals surface area contributed by atoms with Gasteiger partial charge in [-0.05, 0) is 24.4 Å². The van der Waals surface area contributed by atoms with Gasteiger partial charge in [0.15, 0.2) is 11.9 Å². The van der Waals surface area contributed by atoms with Crippen LogP contribution in [-0.4, -0.2) is 47.0 Å². The van der Waals surface area contributed by atoms with Gasteiger partial charge in [0.05, 0.1) is 24.2 Å². The van der Waals surface area contributed by atoms with Gasteiger partial charge in [0.2, 0.25) is 5.89 Å². The Hall–Kier alpha value is -1.35. The first kappa shape index (κ1) is 17.5. The lowest BCUT2D eigenvalue weighted by Gasteiger charge is -2.27. The molecular formula is C15H17ClN3O3S2+. The van der Waals surface area contributed by atoms with Crippen molar-refractivity contribution in [2.75, 3.05) is 26.0 Å². The Morgan fingerprint density at radius 2 is 2.38 bits per heavy atom. The SMILES string of the molecule is COC(=O)[C@H]1C[NH+](Cn2nc(-c3ccccc3Cl)oc2=S)CCS1. The van der Waals surface area contributed by atoms with Crippen molar-refractivity contribution in [2.45, 2.75) is 11.9 Å². The van der Waals surface area contributed by atoms with Gasteiger partial charge in [0.25, 0.3) is 4.84 Å². The first-order chi connectivity index (χ1) is 11.6. The van der Waals surface area contributed by atoms with Crippen LogP contribution >= 0.6 is 35.6 Å². The number of carbonyl (C=O) groups is 1. The summed E-state index contributed by atoms with van der Waals surface area (Å²) in [5.41, 5.74) is 0.709. The van der Waals surface area contributed by atoms with Crippen LogP contribution in [0.4, 0.5) is 0 Å². The summed E-state index contributed by atoms with van der Waals surface area (Å²) in [6, 6.07) is 7.33. The fourth-order valence-corrected chi connectivity index (χ4v) is 4.23. The average Bonchev–Trinajstić information content (AvgIpc) is 2.95. The number of quaternary nitrogens is 1. The van der Waals surface area contributed by atoms with Crippen molar-refractivity contribution in [3.8, 4) is 11.5 Å². The van der Waals surface area contributed by atoms with E-state index in [1.807, 2.05) is 18.2 Å². The lowest BCUT2D eigenvalue weighted by atomic mass is 10.2. The van der Waals surface area contributed by atoms with Crippen LogP contribution in [0.1, 0.15) is 0 Å². The summed E-state index contributed by atoms with van der Waals surface area (Å²) in [6.07, 6.45) is 0. The standard InChI is InChI=1S/C15H16ClN3O3S2/c1-21-14(20)12-8-18(6-7-24-12)9-19-15(23)22-13(17-19)10-4-2-3-5-11(10)16/h2-5,12H,6-9H2,1H3/p+1/t12-/m1/s1. The third-order valence-electron chi connectivity index (χ3n) is 3.80. The minimum atomic E-state index is -0.183. The van der Waals surface area contributed by atoms with Crippen LogP contribution in [-0.2, 0) is 16.2 Å². The lowest BCUT2D eigenvalue weighted by molar-refractivity contribution is -0.921. The fourth-order valence-electron chi connectivity index (χ4n) is 2.56. The summed E-state index contributed by atoms with van der Waals surface area (Å²) < 4.78 is 12.1. The molecule has 2 heterocycles. The molecule has 1 aromatic heterocycles. The van der Waals surface area contributed by atoms with Crippen LogP contribution in [0.15, 0.2) is 28.7 Å². The molecule has 2 aromatic rings. The zero-order valence-corrected chi connectivity index (χ0v) is 15.4. The molecule has 128 valence electrons. The summed E-state index contributed by atoms with van der Waals surface area (Å²) in [4.78, 5) is 13.2. The Kier molecular flexibility index (Phi) is 5.60. The van der Waals surface area contributed by atoms with Crippen molar-refractivity contribution < 1.29 is 18.8 Å². The van der Waals surface area contributed by atoms with Crippen LogP contribution in [0.3, 0.4) is 0 Å². The molecule has 1 aliphatic rings. The van der Waals surface area contributed by atoms with Crippen LogP contribution in [0.25, 0.3) is 11.5 Å². The highest BCUT2D eigenvalue weighted by atomic mass is 35.5. The summed E-state index contributed by atoms with van der Waals surface area (Å²) in [6.45, 7) is 2.14. The van der Waals surface area contributed by atoms with Crippen LogP contribution in [0, 0.1) is 4.84 Å². The van der Waals surface area contributed by atoms with Gasteiger partial charge in [0, 0.05) is 5.75 Å². The van der Waals surface area contributed by atoms with Gasteiger partial charge in [-0.2, -0.15) is 4.68 Å². The van der Waals surface area contributed by atoms with E-state index in [1.165, 1.54) is 12.0 Å². The molecule has 1 unspecified atom stereocenters. The van der Waals surface area contributed by atoms with Crippen molar-refractivity contribution in [1.82, 2.24) is 9.78 Å². The molecule has 1 saturated heterocycles. The smallest absolute Gasteiger partial charge is 0.324 e. The number of carbonyl (C=O) groups excluding carboxylic acids is 1. The van der Waals surface area contributed by atoms with E-state index in [-0.39, 0.29) is 11.2 Å². The number of hydrogen-bond donors (Lipinski definition) is 1. The monoisotopic (exact) mass is 386 g/mol. The number of aromatic nitrogens is 2. The zero-order chi connectivity index (χ0) is 17.1. The first-order valence-corrected chi connectivity index (χ1v) is 9.28. The highest BCUT2D eigenvalue weighted by Crippen LogP contribution is 2.26. The minimum absolute atomic E-state index is 0.150. The van der Waals surface area contributed by atoms with Gasteiger partial charge < -0.3 is 14.1 Å². The molecule has 2 atom stereocenters. The first-order valence-electron chi connectivity index (χ1n) is 7.44. The van der Waals surface area contributed by atoms with E-state index in [1.54, 1.807) is 22.5 Å². The second-order valence-electron chi connectivity index (χ2n) is 5.40. The van der Waals surface area contributed by atoms with E-state index in [2.05, 4.69) is 5.10 Å². The van der Waals surface area contributed by atoms with Crippen LogP contribution < -0.4 is 4.90 Å². The Bertz CT molecular complexity index is 792. The molecule has 0 saturated carbocycles. The number of ether oxygens (including phenoxy) is 1. The molecule has 1 fully saturated rings. The topological polar surface area (TPSA) is 61.7 Å². The van der Waals surface area contributed by atoms with Gasteiger partial charge in [0.1, 0.15) is 6.54 Å². The van der Waals surface area contributed by atoms with E-state index < -0.39 is 0 Å². The molecule has 1 aliphatic heterocycles. The Morgan fingerprint density at radius 3 is 3.12 bits per heavy atom. The predicted octanol–water partition coefficient (Wildman–Crippen LogP) is 1.66. The number of esters is 1. The van der Waals surface area contributed by atoms with E-state index in [0.29, 0.717) is 34.5 Å². The second kappa shape index (κ2) is 7.69. The molecule has 0 radical (unpaired) electrons.